The first kappa shape index (κ1) is 10.3. The van der Waals surface area contributed by atoms with Gasteiger partial charge in [-0.1, -0.05) is 13.5 Å². The number of aldehydes is 1. The van der Waals surface area contributed by atoms with Crippen LogP contribution in [0, 0.1) is 3.70 Å². The number of halogens is 1. The van der Waals surface area contributed by atoms with Gasteiger partial charge in [0.05, 0.1) is 9.39 Å². The summed E-state index contributed by atoms with van der Waals surface area (Å²) in [6.07, 6.45) is 1.45. The Bertz CT molecular complexity index is 355. The van der Waals surface area contributed by atoms with Crippen LogP contribution in [0.4, 0.5) is 0 Å². The fourth-order valence-electron chi connectivity index (χ4n) is 1.28. The van der Waals surface area contributed by atoms with Crippen LogP contribution in [0.5, 0.6) is 0 Å². The molecule has 2 N–H and O–H groups in total. The summed E-state index contributed by atoms with van der Waals surface area (Å²) in [5.41, 5.74) is 1.88. The maximum Gasteiger partial charge on any atom is 0.167 e. The molecule has 0 aliphatic rings. The van der Waals surface area contributed by atoms with Crippen molar-refractivity contribution in [1.29, 1.82) is 0 Å². The quantitative estimate of drug-likeness (QED) is 0.511. The summed E-state index contributed by atoms with van der Waals surface area (Å²) >= 11 is 2.10. The number of aromatic nitrogens is 1. The van der Waals surface area contributed by atoms with Crippen molar-refractivity contribution in [3.8, 4) is 0 Å². The lowest BCUT2D eigenvalue weighted by molar-refractivity contribution is 0.111. The van der Waals surface area contributed by atoms with Gasteiger partial charge in [0.15, 0.2) is 6.29 Å². The third-order valence-corrected chi connectivity index (χ3v) is 2.76. The third-order valence-electron chi connectivity index (χ3n) is 1.84. The summed E-state index contributed by atoms with van der Waals surface area (Å²) in [6.45, 7) is 5.39. The van der Waals surface area contributed by atoms with Crippen LogP contribution in [0.1, 0.15) is 28.5 Å². The molecule has 0 aliphatic carbocycles. The van der Waals surface area contributed by atoms with E-state index in [9.17, 15) is 9.90 Å². The summed E-state index contributed by atoms with van der Waals surface area (Å²) in [5, 5.41) is 9.28. The molecule has 3 nitrogen and oxygen atoms in total. The Hall–Kier alpha value is -0.780. The van der Waals surface area contributed by atoms with Crippen LogP contribution in [-0.4, -0.2) is 16.4 Å². The zero-order chi connectivity index (χ0) is 10.0. The van der Waals surface area contributed by atoms with Crippen LogP contribution in [0.2, 0.25) is 0 Å². The Kier molecular flexibility index (Phi) is 3.13. The summed E-state index contributed by atoms with van der Waals surface area (Å²) in [5.74, 6) is -0.0573. The van der Waals surface area contributed by atoms with Crippen LogP contribution >= 0.6 is 22.6 Å². The molecule has 1 rings (SSSR count). The smallest absolute Gasteiger partial charge is 0.167 e. The minimum absolute atomic E-state index is 0.0573. The van der Waals surface area contributed by atoms with Crippen LogP contribution in [0.3, 0.4) is 0 Å². The molecule has 0 fully saturated rings. The second-order valence-corrected chi connectivity index (χ2v) is 3.70. The van der Waals surface area contributed by atoms with Crippen LogP contribution in [-0.2, 0) is 6.42 Å². The number of aromatic amines is 1. The molecule has 0 aliphatic heterocycles. The number of hydrogen-bond acceptors (Lipinski definition) is 2. The van der Waals surface area contributed by atoms with Crippen LogP contribution < -0.4 is 0 Å². The summed E-state index contributed by atoms with van der Waals surface area (Å²) in [7, 11) is 0. The second kappa shape index (κ2) is 3.95. The molecule has 1 aromatic rings. The maximum atomic E-state index is 10.6. The summed E-state index contributed by atoms with van der Waals surface area (Å²) < 4.78 is 0.882. The highest BCUT2D eigenvalue weighted by Gasteiger charge is 2.15. The normalized spacial score (nSPS) is 10.0. The van der Waals surface area contributed by atoms with E-state index in [1.807, 2.05) is 6.92 Å². The number of carbonyl (C=O) groups excluding carboxylic acids is 1. The van der Waals surface area contributed by atoms with Crippen LogP contribution in [0.15, 0.2) is 6.58 Å². The second-order valence-electron chi connectivity index (χ2n) is 2.62. The van der Waals surface area contributed by atoms with E-state index in [-0.39, 0.29) is 5.76 Å². The van der Waals surface area contributed by atoms with E-state index in [1.165, 1.54) is 0 Å². The van der Waals surface area contributed by atoms with Crippen molar-refractivity contribution in [2.24, 2.45) is 0 Å². The van der Waals surface area contributed by atoms with Crippen molar-refractivity contribution in [3.63, 3.8) is 0 Å². The summed E-state index contributed by atoms with van der Waals surface area (Å²) in [4.78, 5) is 13.5. The van der Waals surface area contributed by atoms with Gasteiger partial charge in [-0.2, -0.15) is 0 Å². The highest BCUT2D eigenvalue weighted by Crippen LogP contribution is 2.24. The molecule has 1 heterocycles. The molecule has 0 saturated heterocycles. The lowest BCUT2D eigenvalue weighted by atomic mass is 10.1. The molecule has 0 atom stereocenters. The van der Waals surface area contributed by atoms with Crippen molar-refractivity contribution in [1.82, 2.24) is 4.98 Å². The van der Waals surface area contributed by atoms with Crippen molar-refractivity contribution in [2.75, 3.05) is 0 Å². The third kappa shape index (κ3) is 1.77. The number of carbonyl (C=O) groups is 1. The molecule has 0 amide bonds. The van der Waals surface area contributed by atoms with E-state index in [1.54, 1.807) is 0 Å². The van der Waals surface area contributed by atoms with Gasteiger partial charge in [0.1, 0.15) is 5.76 Å². The number of hydrogen-bond donors (Lipinski definition) is 2. The zero-order valence-electron chi connectivity index (χ0n) is 7.22. The average Bonchev–Trinajstić information content (AvgIpc) is 2.41. The van der Waals surface area contributed by atoms with Gasteiger partial charge in [0.25, 0.3) is 0 Å². The standard InChI is InChI=1S/C9H10INO2/c1-3-6-8(5(2)13)7(4-12)11-9(6)10/h4,11,13H,2-3H2,1H3. The lowest BCUT2D eigenvalue weighted by Crippen LogP contribution is -1.91. The Morgan fingerprint density at radius 1 is 1.77 bits per heavy atom. The van der Waals surface area contributed by atoms with Gasteiger partial charge < -0.3 is 10.1 Å². The molecule has 13 heavy (non-hydrogen) atoms. The fourth-order valence-corrected chi connectivity index (χ4v) is 2.22. The molecule has 0 spiro atoms. The number of rotatable bonds is 3. The summed E-state index contributed by atoms with van der Waals surface area (Å²) in [6, 6.07) is 0. The number of H-pyrrole nitrogens is 1. The first-order chi connectivity index (χ1) is 6.11. The van der Waals surface area contributed by atoms with Crippen LogP contribution in [0.25, 0.3) is 5.76 Å². The van der Waals surface area contributed by atoms with E-state index in [4.69, 9.17) is 0 Å². The monoisotopic (exact) mass is 291 g/mol. The van der Waals surface area contributed by atoms with E-state index in [2.05, 4.69) is 34.2 Å². The molecule has 0 bridgehead atoms. The van der Waals surface area contributed by atoms with Gasteiger partial charge >= 0.3 is 0 Å². The highest BCUT2D eigenvalue weighted by molar-refractivity contribution is 14.1. The minimum Gasteiger partial charge on any atom is -0.508 e. The van der Waals surface area contributed by atoms with Gasteiger partial charge in [0, 0.05) is 5.56 Å². The number of aliphatic hydroxyl groups is 1. The Labute approximate surface area is 90.0 Å². The van der Waals surface area contributed by atoms with E-state index >= 15 is 0 Å². The lowest BCUT2D eigenvalue weighted by Gasteiger charge is -1.99. The van der Waals surface area contributed by atoms with E-state index in [0.29, 0.717) is 17.5 Å². The largest absolute Gasteiger partial charge is 0.508 e. The number of aliphatic hydroxyl groups excluding tert-OH is 1. The zero-order valence-corrected chi connectivity index (χ0v) is 9.38. The van der Waals surface area contributed by atoms with Crippen molar-refractivity contribution >= 4 is 34.6 Å². The molecule has 70 valence electrons. The fraction of sp³-hybridized carbons (Fsp3) is 0.222. The van der Waals surface area contributed by atoms with E-state index in [0.717, 1.165) is 15.7 Å². The topological polar surface area (TPSA) is 53.1 Å². The first-order valence-corrected chi connectivity index (χ1v) is 4.93. The molecule has 0 radical (unpaired) electrons. The van der Waals surface area contributed by atoms with Crippen molar-refractivity contribution < 1.29 is 9.90 Å². The molecule has 4 heteroatoms. The average molecular weight is 291 g/mol. The Balaban J connectivity index is 3.40. The van der Waals surface area contributed by atoms with Gasteiger partial charge in [0.2, 0.25) is 0 Å². The Morgan fingerprint density at radius 2 is 2.38 bits per heavy atom. The molecule has 0 saturated carbocycles. The molecular weight excluding hydrogens is 281 g/mol. The number of nitrogens with one attached hydrogen (secondary N) is 1. The highest BCUT2D eigenvalue weighted by atomic mass is 127. The van der Waals surface area contributed by atoms with Crippen molar-refractivity contribution in [2.45, 2.75) is 13.3 Å². The Morgan fingerprint density at radius 3 is 2.77 bits per heavy atom. The molecule has 0 aromatic carbocycles. The maximum absolute atomic E-state index is 10.6. The van der Waals surface area contributed by atoms with Gasteiger partial charge in [-0.3, -0.25) is 4.79 Å². The molecular formula is C9H10INO2. The molecule has 1 aromatic heterocycles. The first-order valence-electron chi connectivity index (χ1n) is 3.85. The minimum atomic E-state index is -0.0573. The van der Waals surface area contributed by atoms with Crippen molar-refractivity contribution in [3.05, 3.63) is 27.1 Å². The predicted molar refractivity (Wildman–Crippen MR) is 59.9 cm³/mol. The van der Waals surface area contributed by atoms with Gasteiger partial charge in [-0.05, 0) is 34.6 Å². The SMILES string of the molecule is C=C(O)c1c(C=O)[nH]c(I)c1CC. The van der Waals surface area contributed by atoms with Gasteiger partial charge in [-0.25, -0.2) is 0 Å². The predicted octanol–water partition coefficient (Wildman–Crippen LogP) is 2.52. The van der Waals surface area contributed by atoms with E-state index < -0.39 is 0 Å². The molecule has 0 unspecified atom stereocenters. The van der Waals surface area contributed by atoms with Gasteiger partial charge in [-0.15, -0.1) is 0 Å².